The minimum absolute atomic E-state index is 0.0879. The Labute approximate surface area is 161 Å². The lowest BCUT2D eigenvalue weighted by Crippen LogP contribution is -2.51. The molecule has 1 aromatic rings. The van der Waals surface area contributed by atoms with Gasteiger partial charge >= 0.3 is 6.09 Å². The summed E-state index contributed by atoms with van der Waals surface area (Å²) in [6.45, 7) is 10.2. The molecule has 7 nitrogen and oxygen atoms in total. The van der Waals surface area contributed by atoms with E-state index in [4.69, 9.17) is 9.47 Å². The van der Waals surface area contributed by atoms with E-state index in [9.17, 15) is 9.59 Å². The first-order chi connectivity index (χ1) is 12.8. The highest BCUT2D eigenvalue weighted by atomic mass is 16.6. The fourth-order valence-corrected chi connectivity index (χ4v) is 2.93. The summed E-state index contributed by atoms with van der Waals surface area (Å²) in [5.41, 5.74) is 1.05. The molecule has 1 fully saturated rings. The van der Waals surface area contributed by atoms with Crippen LogP contribution in [0.25, 0.3) is 0 Å². The number of hydrogen-bond donors (Lipinski definition) is 1. The molecule has 1 aliphatic heterocycles. The van der Waals surface area contributed by atoms with Gasteiger partial charge in [-0.15, -0.1) is 0 Å². The highest BCUT2D eigenvalue weighted by Gasteiger charge is 2.25. The van der Waals surface area contributed by atoms with Gasteiger partial charge in [0.1, 0.15) is 5.60 Å². The van der Waals surface area contributed by atoms with Crippen molar-refractivity contribution in [1.29, 1.82) is 0 Å². The summed E-state index contributed by atoms with van der Waals surface area (Å²) < 4.78 is 10.6. The normalized spacial score (nSPS) is 15.5. The third-order valence-corrected chi connectivity index (χ3v) is 4.30. The van der Waals surface area contributed by atoms with E-state index in [-0.39, 0.29) is 12.0 Å². The number of nitrogens with one attached hydrogen (secondary N) is 1. The van der Waals surface area contributed by atoms with Crippen LogP contribution in [-0.2, 0) is 16.1 Å². The van der Waals surface area contributed by atoms with E-state index in [1.54, 1.807) is 12.0 Å². The molecule has 0 radical (unpaired) electrons. The predicted octanol–water partition coefficient (Wildman–Crippen LogP) is 2.12. The van der Waals surface area contributed by atoms with Crippen molar-refractivity contribution in [2.75, 3.05) is 46.4 Å². The molecule has 0 bridgehead atoms. The second-order valence-corrected chi connectivity index (χ2v) is 7.66. The Morgan fingerprint density at radius 1 is 1.11 bits per heavy atom. The predicted molar refractivity (Wildman–Crippen MR) is 104 cm³/mol. The number of methoxy groups -OCH3 is 1. The van der Waals surface area contributed by atoms with Gasteiger partial charge in [-0.3, -0.25) is 9.69 Å². The van der Waals surface area contributed by atoms with Gasteiger partial charge < -0.3 is 19.7 Å². The Balaban J connectivity index is 1.73. The number of carbonyl (C=O) groups is 2. The zero-order valence-electron chi connectivity index (χ0n) is 16.8. The van der Waals surface area contributed by atoms with Crippen LogP contribution < -0.4 is 5.32 Å². The average molecular weight is 377 g/mol. The molecular formula is C20H31N3O4. The van der Waals surface area contributed by atoms with E-state index in [0.717, 1.165) is 25.2 Å². The van der Waals surface area contributed by atoms with Crippen molar-refractivity contribution in [3.05, 3.63) is 35.4 Å². The fourth-order valence-electron chi connectivity index (χ4n) is 2.93. The number of benzene rings is 1. The van der Waals surface area contributed by atoms with Gasteiger partial charge in [0.2, 0.25) is 0 Å². The molecule has 0 aromatic heterocycles. The zero-order valence-corrected chi connectivity index (χ0v) is 16.8. The van der Waals surface area contributed by atoms with Crippen LogP contribution in [0.3, 0.4) is 0 Å². The second-order valence-electron chi connectivity index (χ2n) is 7.66. The van der Waals surface area contributed by atoms with Crippen LogP contribution in [0, 0.1) is 0 Å². The van der Waals surface area contributed by atoms with Gasteiger partial charge in [-0.25, -0.2) is 4.79 Å². The number of piperazine rings is 1. The summed E-state index contributed by atoms with van der Waals surface area (Å²) in [7, 11) is 1.62. The van der Waals surface area contributed by atoms with Crippen LogP contribution in [0.5, 0.6) is 0 Å². The van der Waals surface area contributed by atoms with Crippen molar-refractivity contribution in [1.82, 2.24) is 15.1 Å². The first-order valence-electron chi connectivity index (χ1n) is 9.35. The number of rotatable bonds is 6. The zero-order chi connectivity index (χ0) is 19.9. The number of nitrogens with zero attached hydrogens (tertiary/aromatic N) is 2. The van der Waals surface area contributed by atoms with Gasteiger partial charge in [0, 0.05) is 51.9 Å². The van der Waals surface area contributed by atoms with Crippen molar-refractivity contribution < 1.29 is 19.1 Å². The molecule has 0 unspecified atom stereocenters. The largest absolute Gasteiger partial charge is 0.444 e. The summed E-state index contributed by atoms with van der Waals surface area (Å²) in [5.74, 6) is -0.0879. The van der Waals surface area contributed by atoms with Crippen LogP contribution in [0.2, 0.25) is 0 Å². The van der Waals surface area contributed by atoms with E-state index < -0.39 is 5.60 Å². The Kier molecular flexibility index (Phi) is 7.62. The lowest BCUT2D eigenvalue weighted by molar-refractivity contribution is 0.0147. The summed E-state index contributed by atoms with van der Waals surface area (Å²) in [6.07, 6.45) is -0.259. The number of carbonyl (C=O) groups excluding carboxylic acids is 2. The minimum Gasteiger partial charge on any atom is -0.444 e. The summed E-state index contributed by atoms with van der Waals surface area (Å²) in [6, 6.07) is 7.46. The maximum absolute atomic E-state index is 12.4. The molecule has 1 heterocycles. The van der Waals surface area contributed by atoms with Crippen molar-refractivity contribution >= 4 is 12.0 Å². The van der Waals surface area contributed by atoms with Crippen molar-refractivity contribution in [3.63, 3.8) is 0 Å². The van der Waals surface area contributed by atoms with Crippen LogP contribution in [0.15, 0.2) is 24.3 Å². The molecule has 1 saturated heterocycles. The quantitative estimate of drug-likeness (QED) is 0.822. The number of hydrogen-bond acceptors (Lipinski definition) is 5. The molecule has 2 rings (SSSR count). The Hall–Kier alpha value is -2.12. The molecule has 1 N–H and O–H groups in total. The molecule has 0 saturated carbocycles. The maximum atomic E-state index is 12.4. The van der Waals surface area contributed by atoms with Crippen molar-refractivity contribution in [3.8, 4) is 0 Å². The number of amides is 2. The molecule has 0 aliphatic carbocycles. The molecule has 1 aromatic carbocycles. The van der Waals surface area contributed by atoms with Crippen LogP contribution in [0.1, 0.15) is 36.7 Å². The fraction of sp³-hybridized carbons (Fsp3) is 0.600. The molecule has 1 aliphatic rings. The standard InChI is InChI=1S/C20H31N3O4/c1-20(2,3)27-19(25)23-13-11-22(12-14-23)10-9-21-18(24)17-8-6-5-7-16(17)15-26-4/h5-8H,9-15H2,1-4H3,(H,21,24). The summed E-state index contributed by atoms with van der Waals surface area (Å²) >= 11 is 0. The summed E-state index contributed by atoms with van der Waals surface area (Å²) in [4.78, 5) is 28.5. The van der Waals surface area contributed by atoms with E-state index in [0.29, 0.717) is 31.8 Å². The molecule has 7 heteroatoms. The molecule has 27 heavy (non-hydrogen) atoms. The van der Waals surface area contributed by atoms with Crippen LogP contribution in [-0.4, -0.2) is 73.8 Å². The van der Waals surface area contributed by atoms with Gasteiger partial charge in [0.05, 0.1) is 6.61 Å². The topological polar surface area (TPSA) is 71.1 Å². The molecule has 150 valence electrons. The highest BCUT2D eigenvalue weighted by Crippen LogP contribution is 2.12. The molecule has 2 amide bonds. The monoisotopic (exact) mass is 377 g/mol. The van der Waals surface area contributed by atoms with E-state index in [1.807, 2.05) is 45.0 Å². The van der Waals surface area contributed by atoms with Crippen molar-refractivity contribution in [2.24, 2.45) is 0 Å². The SMILES string of the molecule is COCc1ccccc1C(=O)NCCN1CCN(C(=O)OC(C)(C)C)CC1. The lowest BCUT2D eigenvalue weighted by atomic mass is 10.1. The maximum Gasteiger partial charge on any atom is 0.410 e. The van der Waals surface area contributed by atoms with Gasteiger partial charge in [-0.2, -0.15) is 0 Å². The molecular weight excluding hydrogens is 346 g/mol. The molecule has 0 spiro atoms. The number of ether oxygens (including phenoxy) is 2. The van der Waals surface area contributed by atoms with Crippen LogP contribution >= 0.6 is 0 Å². The minimum atomic E-state index is -0.475. The average Bonchev–Trinajstić information content (AvgIpc) is 2.61. The van der Waals surface area contributed by atoms with Crippen LogP contribution in [0.4, 0.5) is 4.79 Å². The lowest BCUT2D eigenvalue weighted by Gasteiger charge is -2.35. The van der Waals surface area contributed by atoms with Gasteiger partial charge in [-0.1, -0.05) is 18.2 Å². The first-order valence-corrected chi connectivity index (χ1v) is 9.35. The molecule has 0 atom stereocenters. The highest BCUT2D eigenvalue weighted by molar-refractivity contribution is 5.95. The Morgan fingerprint density at radius 3 is 2.41 bits per heavy atom. The van der Waals surface area contributed by atoms with E-state index >= 15 is 0 Å². The van der Waals surface area contributed by atoms with Gasteiger partial charge in [0.15, 0.2) is 0 Å². The first kappa shape index (κ1) is 21.2. The third kappa shape index (κ3) is 6.84. The summed E-state index contributed by atoms with van der Waals surface area (Å²) in [5, 5.41) is 2.97. The third-order valence-electron chi connectivity index (χ3n) is 4.30. The van der Waals surface area contributed by atoms with Gasteiger partial charge in [0.25, 0.3) is 5.91 Å². The Bertz CT molecular complexity index is 634. The van der Waals surface area contributed by atoms with E-state index in [2.05, 4.69) is 10.2 Å². The second kappa shape index (κ2) is 9.71. The van der Waals surface area contributed by atoms with E-state index in [1.165, 1.54) is 0 Å². The van der Waals surface area contributed by atoms with Gasteiger partial charge in [-0.05, 0) is 32.4 Å². The van der Waals surface area contributed by atoms with Crippen molar-refractivity contribution in [2.45, 2.75) is 33.0 Å². The Morgan fingerprint density at radius 2 is 1.78 bits per heavy atom. The smallest absolute Gasteiger partial charge is 0.410 e.